The number of hydrogen-bond donors (Lipinski definition) is 1. The van der Waals surface area contributed by atoms with Crippen molar-refractivity contribution in [2.45, 2.75) is 12.5 Å². The molecule has 4 rings (SSSR count). The standard InChI is InChI=1S/C20H22FN3O5S/c21-16-11-14(4-5-17(16)23-6-2-9-30(27)10-7-23)24-13-15(29-20(24)26)12-22-19(25)18-3-1-8-28-18/h1,3-5,8,11,15H,2,6-7,9-10,12-13H2,(H,22,25)/t15-,30?/m0/s1. The molecule has 0 spiro atoms. The van der Waals surface area contributed by atoms with Crippen LogP contribution in [0.2, 0.25) is 0 Å². The summed E-state index contributed by atoms with van der Waals surface area (Å²) in [6.45, 7) is 1.49. The van der Waals surface area contributed by atoms with Gasteiger partial charge in [-0.3, -0.25) is 13.9 Å². The predicted octanol–water partition coefficient (Wildman–Crippen LogP) is 2.13. The molecule has 10 heteroatoms. The van der Waals surface area contributed by atoms with Crippen LogP contribution in [0.3, 0.4) is 0 Å². The Morgan fingerprint density at radius 2 is 2.13 bits per heavy atom. The van der Waals surface area contributed by atoms with Gasteiger partial charge in [-0.25, -0.2) is 9.18 Å². The summed E-state index contributed by atoms with van der Waals surface area (Å²) in [6.07, 6.45) is 0.997. The zero-order valence-corrected chi connectivity index (χ0v) is 17.0. The fourth-order valence-electron chi connectivity index (χ4n) is 3.54. The van der Waals surface area contributed by atoms with Gasteiger partial charge in [-0.2, -0.15) is 0 Å². The van der Waals surface area contributed by atoms with Crippen LogP contribution in [0.1, 0.15) is 17.0 Å². The van der Waals surface area contributed by atoms with E-state index in [4.69, 9.17) is 9.15 Å². The van der Waals surface area contributed by atoms with E-state index in [1.807, 2.05) is 4.90 Å². The first-order chi connectivity index (χ1) is 14.5. The van der Waals surface area contributed by atoms with E-state index in [0.29, 0.717) is 36.0 Å². The minimum Gasteiger partial charge on any atom is -0.459 e. The van der Waals surface area contributed by atoms with Gasteiger partial charge in [-0.15, -0.1) is 0 Å². The molecule has 0 saturated carbocycles. The zero-order chi connectivity index (χ0) is 21.1. The van der Waals surface area contributed by atoms with E-state index in [0.717, 1.165) is 6.42 Å². The number of halogens is 1. The largest absolute Gasteiger partial charge is 0.459 e. The van der Waals surface area contributed by atoms with Crippen LogP contribution in [0.15, 0.2) is 41.0 Å². The summed E-state index contributed by atoms with van der Waals surface area (Å²) in [6, 6.07) is 7.76. The Bertz CT molecular complexity index is 952. The number of anilines is 2. The SMILES string of the molecule is O=C(NC[C@H]1CN(c2ccc(N3CCCS(=O)CC3)c(F)c2)C(=O)O1)c1ccco1. The number of furan rings is 1. The second-order valence-electron chi connectivity index (χ2n) is 7.13. The van der Waals surface area contributed by atoms with Gasteiger partial charge in [0.2, 0.25) is 0 Å². The molecule has 1 N–H and O–H groups in total. The maximum absolute atomic E-state index is 14.8. The molecule has 2 atom stereocenters. The van der Waals surface area contributed by atoms with Crippen molar-refractivity contribution in [3.05, 3.63) is 48.2 Å². The minimum atomic E-state index is -0.859. The lowest BCUT2D eigenvalue weighted by molar-refractivity contribution is 0.0889. The van der Waals surface area contributed by atoms with Crippen molar-refractivity contribution in [2.24, 2.45) is 0 Å². The van der Waals surface area contributed by atoms with Crippen LogP contribution >= 0.6 is 0 Å². The Morgan fingerprint density at radius 1 is 1.27 bits per heavy atom. The van der Waals surface area contributed by atoms with Crippen molar-refractivity contribution in [1.82, 2.24) is 5.32 Å². The number of nitrogens with one attached hydrogen (secondary N) is 1. The number of amides is 2. The smallest absolute Gasteiger partial charge is 0.414 e. The average Bonchev–Trinajstić information content (AvgIpc) is 3.34. The van der Waals surface area contributed by atoms with Gasteiger partial charge < -0.3 is 19.4 Å². The third kappa shape index (κ3) is 4.48. The van der Waals surface area contributed by atoms with Crippen LogP contribution in [0.5, 0.6) is 0 Å². The Hall–Kier alpha value is -2.88. The Labute approximate surface area is 175 Å². The zero-order valence-electron chi connectivity index (χ0n) is 16.2. The minimum absolute atomic E-state index is 0.118. The molecule has 160 valence electrons. The third-order valence-electron chi connectivity index (χ3n) is 5.08. The highest BCUT2D eigenvalue weighted by atomic mass is 32.2. The first kappa shape index (κ1) is 20.4. The molecule has 2 aromatic rings. The van der Waals surface area contributed by atoms with Gasteiger partial charge in [0.15, 0.2) is 5.76 Å². The molecule has 2 saturated heterocycles. The number of cyclic esters (lactones) is 1. The molecule has 0 radical (unpaired) electrons. The first-order valence-electron chi connectivity index (χ1n) is 9.70. The number of carbonyl (C=O) groups is 2. The molecule has 3 heterocycles. The number of nitrogens with zero attached hydrogens (tertiary/aromatic N) is 2. The molecule has 8 nitrogen and oxygen atoms in total. The molecule has 2 amide bonds. The third-order valence-corrected chi connectivity index (χ3v) is 6.46. The number of hydrogen-bond acceptors (Lipinski definition) is 6. The summed E-state index contributed by atoms with van der Waals surface area (Å²) >= 11 is 0. The van der Waals surface area contributed by atoms with Crippen LogP contribution in [-0.4, -0.2) is 60.0 Å². The van der Waals surface area contributed by atoms with E-state index in [1.165, 1.54) is 23.3 Å². The van der Waals surface area contributed by atoms with Crippen molar-refractivity contribution >= 4 is 34.2 Å². The van der Waals surface area contributed by atoms with Crippen LogP contribution in [-0.2, 0) is 15.5 Å². The Morgan fingerprint density at radius 3 is 2.90 bits per heavy atom. The summed E-state index contributed by atoms with van der Waals surface area (Å²) in [5, 5.41) is 2.65. The molecule has 2 aliphatic heterocycles. The van der Waals surface area contributed by atoms with Crippen molar-refractivity contribution in [2.75, 3.05) is 47.5 Å². The summed E-state index contributed by atoms with van der Waals surface area (Å²) in [5.74, 6) is 0.482. The van der Waals surface area contributed by atoms with Crippen LogP contribution in [0.4, 0.5) is 20.6 Å². The van der Waals surface area contributed by atoms with E-state index < -0.39 is 34.7 Å². The van der Waals surface area contributed by atoms with Crippen molar-refractivity contribution in [1.29, 1.82) is 0 Å². The molecule has 2 fully saturated rings. The first-order valence-corrected chi connectivity index (χ1v) is 11.2. The lowest BCUT2D eigenvalue weighted by Gasteiger charge is -2.24. The van der Waals surface area contributed by atoms with Gasteiger partial charge in [0.25, 0.3) is 5.91 Å². The van der Waals surface area contributed by atoms with Gasteiger partial charge in [0.05, 0.1) is 30.7 Å². The van der Waals surface area contributed by atoms with Crippen molar-refractivity contribution < 1.29 is 27.3 Å². The Balaban J connectivity index is 1.39. The average molecular weight is 435 g/mol. The molecular weight excluding hydrogens is 413 g/mol. The fraction of sp³-hybridized carbons (Fsp3) is 0.400. The molecule has 0 aliphatic carbocycles. The molecule has 2 aliphatic rings. The summed E-state index contributed by atoms with van der Waals surface area (Å²) in [5.41, 5.74) is 0.826. The van der Waals surface area contributed by atoms with E-state index >= 15 is 0 Å². The topological polar surface area (TPSA) is 92.1 Å². The summed E-state index contributed by atoms with van der Waals surface area (Å²) < 4.78 is 36.8. The molecule has 1 unspecified atom stereocenters. The highest BCUT2D eigenvalue weighted by Crippen LogP contribution is 2.28. The summed E-state index contributed by atoms with van der Waals surface area (Å²) in [4.78, 5) is 27.4. The van der Waals surface area contributed by atoms with Crippen molar-refractivity contribution in [3.63, 3.8) is 0 Å². The number of ether oxygens (including phenoxy) is 1. The lowest BCUT2D eigenvalue weighted by Crippen LogP contribution is -2.34. The monoisotopic (exact) mass is 435 g/mol. The lowest BCUT2D eigenvalue weighted by atomic mass is 10.2. The van der Waals surface area contributed by atoms with Gasteiger partial charge >= 0.3 is 6.09 Å². The molecular formula is C20H22FN3O5S. The van der Waals surface area contributed by atoms with Gasteiger partial charge in [-0.05, 0) is 36.8 Å². The molecule has 0 bridgehead atoms. The summed E-state index contributed by atoms with van der Waals surface area (Å²) in [7, 11) is -0.859. The highest BCUT2D eigenvalue weighted by molar-refractivity contribution is 7.85. The number of carbonyl (C=O) groups excluding carboxylic acids is 2. The maximum atomic E-state index is 14.8. The highest BCUT2D eigenvalue weighted by Gasteiger charge is 2.33. The normalized spacial score (nSPS) is 22.0. The predicted molar refractivity (Wildman–Crippen MR) is 110 cm³/mol. The fourth-order valence-corrected chi connectivity index (χ4v) is 4.62. The second-order valence-corrected chi connectivity index (χ2v) is 8.82. The second kappa shape index (κ2) is 8.86. The van der Waals surface area contributed by atoms with Gasteiger partial charge in [0.1, 0.15) is 11.9 Å². The van der Waals surface area contributed by atoms with E-state index in [1.54, 1.807) is 18.2 Å². The molecule has 1 aromatic heterocycles. The van der Waals surface area contributed by atoms with Crippen molar-refractivity contribution in [3.8, 4) is 0 Å². The maximum Gasteiger partial charge on any atom is 0.414 e. The van der Waals surface area contributed by atoms with Gasteiger partial charge in [-0.1, -0.05) is 0 Å². The van der Waals surface area contributed by atoms with Crippen LogP contribution in [0, 0.1) is 5.82 Å². The number of benzene rings is 1. The van der Waals surface area contributed by atoms with E-state index in [2.05, 4.69) is 5.32 Å². The van der Waals surface area contributed by atoms with E-state index in [9.17, 15) is 18.2 Å². The molecule has 1 aromatic carbocycles. The Kier molecular flexibility index (Phi) is 6.03. The number of rotatable bonds is 5. The van der Waals surface area contributed by atoms with E-state index in [-0.39, 0.29) is 18.8 Å². The quantitative estimate of drug-likeness (QED) is 0.774. The molecule has 30 heavy (non-hydrogen) atoms. The van der Waals surface area contributed by atoms with Gasteiger partial charge in [0, 0.05) is 35.4 Å². The van der Waals surface area contributed by atoms with Crippen LogP contribution in [0.25, 0.3) is 0 Å². The van der Waals surface area contributed by atoms with Crippen LogP contribution < -0.4 is 15.1 Å².